The number of rotatable bonds is 3. The maximum Gasteiger partial charge on any atom is 0.338 e. The molecule has 1 atom stereocenters. The molecule has 0 radical (unpaired) electrons. The maximum absolute atomic E-state index is 11.7. The average Bonchev–Trinajstić information content (AvgIpc) is 2.86. The highest BCUT2D eigenvalue weighted by atomic mass is 16.4. The Morgan fingerprint density at radius 1 is 1.59 bits per heavy atom. The van der Waals surface area contributed by atoms with Crippen LogP contribution >= 0.6 is 0 Å². The van der Waals surface area contributed by atoms with E-state index in [0.29, 0.717) is 0 Å². The fourth-order valence-corrected chi connectivity index (χ4v) is 1.88. The summed E-state index contributed by atoms with van der Waals surface area (Å²) in [5.41, 5.74) is -0.0151. The van der Waals surface area contributed by atoms with Crippen molar-refractivity contribution in [1.29, 1.82) is 0 Å². The van der Waals surface area contributed by atoms with Crippen molar-refractivity contribution in [2.45, 2.75) is 12.5 Å². The third-order valence-corrected chi connectivity index (χ3v) is 2.80. The zero-order valence-electron chi connectivity index (χ0n) is 9.47. The summed E-state index contributed by atoms with van der Waals surface area (Å²) in [5.74, 6) is -1.43. The summed E-state index contributed by atoms with van der Waals surface area (Å²) in [6.45, 7) is 1.75. The van der Waals surface area contributed by atoms with Crippen molar-refractivity contribution < 1.29 is 19.1 Å². The second-order valence-electron chi connectivity index (χ2n) is 4.23. The number of carbonyl (C=O) groups excluding carboxylic acids is 1. The van der Waals surface area contributed by atoms with Gasteiger partial charge in [-0.3, -0.25) is 4.79 Å². The monoisotopic (exact) mass is 238 g/mol. The van der Waals surface area contributed by atoms with Crippen LogP contribution in [0.5, 0.6) is 0 Å². The van der Waals surface area contributed by atoms with Crippen LogP contribution in [0.2, 0.25) is 0 Å². The molecule has 0 bridgehead atoms. The summed E-state index contributed by atoms with van der Waals surface area (Å²) in [6, 6.07) is 1.34. The zero-order chi connectivity index (χ0) is 12.4. The molecule has 1 aliphatic heterocycles. The van der Waals surface area contributed by atoms with Crippen LogP contribution in [-0.4, -0.2) is 48.1 Å². The van der Waals surface area contributed by atoms with E-state index < -0.39 is 5.97 Å². The minimum absolute atomic E-state index is 0.0151. The molecule has 1 aromatic rings. The molecule has 17 heavy (non-hydrogen) atoms. The van der Waals surface area contributed by atoms with Gasteiger partial charge in [0.1, 0.15) is 6.26 Å². The summed E-state index contributed by atoms with van der Waals surface area (Å²) in [4.78, 5) is 24.5. The number of likely N-dealkylation sites (N-methyl/N-ethyl adjacent to an activating group) is 1. The van der Waals surface area contributed by atoms with Gasteiger partial charge in [0.25, 0.3) is 5.91 Å². The Hall–Kier alpha value is -1.82. The fraction of sp³-hybridized carbons (Fsp3) is 0.455. The molecule has 0 aliphatic carbocycles. The van der Waals surface area contributed by atoms with E-state index in [4.69, 9.17) is 9.52 Å². The highest BCUT2D eigenvalue weighted by molar-refractivity contribution is 5.95. The first kappa shape index (κ1) is 11.7. The fourth-order valence-electron chi connectivity index (χ4n) is 1.88. The van der Waals surface area contributed by atoms with E-state index >= 15 is 0 Å². The number of likely N-dealkylation sites (tertiary alicyclic amines) is 1. The molecule has 1 amide bonds. The van der Waals surface area contributed by atoms with Crippen molar-refractivity contribution in [3.8, 4) is 0 Å². The molecule has 1 unspecified atom stereocenters. The van der Waals surface area contributed by atoms with Crippen molar-refractivity contribution in [3.05, 3.63) is 23.7 Å². The van der Waals surface area contributed by atoms with Gasteiger partial charge < -0.3 is 19.7 Å². The van der Waals surface area contributed by atoms with Crippen LogP contribution in [0.4, 0.5) is 0 Å². The lowest BCUT2D eigenvalue weighted by molar-refractivity contribution is 0.0695. The number of nitrogens with zero attached hydrogens (tertiary/aromatic N) is 1. The predicted octanol–water partition coefficient (Wildman–Crippen LogP) is 0.412. The molecule has 6 heteroatoms. The van der Waals surface area contributed by atoms with Gasteiger partial charge in [0.2, 0.25) is 0 Å². The summed E-state index contributed by atoms with van der Waals surface area (Å²) >= 11 is 0. The molecule has 6 nitrogen and oxygen atoms in total. The van der Waals surface area contributed by atoms with Gasteiger partial charge in [-0.15, -0.1) is 0 Å². The largest absolute Gasteiger partial charge is 0.478 e. The Kier molecular flexibility index (Phi) is 3.14. The Morgan fingerprint density at radius 2 is 2.35 bits per heavy atom. The first-order chi connectivity index (χ1) is 8.06. The number of nitrogens with one attached hydrogen (secondary N) is 1. The van der Waals surface area contributed by atoms with E-state index in [9.17, 15) is 9.59 Å². The quantitative estimate of drug-likeness (QED) is 0.797. The number of carboxylic acids is 1. The number of aromatic carboxylic acids is 1. The first-order valence-corrected chi connectivity index (χ1v) is 5.37. The second-order valence-corrected chi connectivity index (χ2v) is 4.23. The number of hydrogen-bond acceptors (Lipinski definition) is 4. The normalized spacial score (nSPS) is 20.4. The van der Waals surface area contributed by atoms with E-state index in [1.807, 2.05) is 7.05 Å². The van der Waals surface area contributed by atoms with Crippen LogP contribution < -0.4 is 5.32 Å². The summed E-state index contributed by atoms with van der Waals surface area (Å²) in [7, 11) is 1.99. The summed E-state index contributed by atoms with van der Waals surface area (Å²) < 4.78 is 4.92. The van der Waals surface area contributed by atoms with Crippen LogP contribution in [0.1, 0.15) is 27.3 Å². The van der Waals surface area contributed by atoms with Crippen LogP contribution in [0.3, 0.4) is 0 Å². The SMILES string of the molecule is CN1CCC(NC(=O)c2cc(C(=O)O)co2)C1. The van der Waals surface area contributed by atoms with E-state index in [-0.39, 0.29) is 23.3 Å². The van der Waals surface area contributed by atoms with Crippen molar-refractivity contribution in [1.82, 2.24) is 10.2 Å². The lowest BCUT2D eigenvalue weighted by Gasteiger charge is -2.11. The van der Waals surface area contributed by atoms with Crippen molar-refractivity contribution >= 4 is 11.9 Å². The van der Waals surface area contributed by atoms with E-state index in [2.05, 4.69) is 10.2 Å². The van der Waals surface area contributed by atoms with E-state index in [1.165, 1.54) is 6.07 Å². The molecule has 1 aliphatic rings. The molecule has 1 aromatic heterocycles. The average molecular weight is 238 g/mol. The van der Waals surface area contributed by atoms with Gasteiger partial charge in [-0.1, -0.05) is 0 Å². The van der Waals surface area contributed by atoms with Crippen LogP contribution in [0.25, 0.3) is 0 Å². The summed E-state index contributed by atoms with van der Waals surface area (Å²) in [6.07, 6.45) is 1.97. The topological polar surface area (TPSA) is 82.8 Å². The zero-order valence-corrected chi connectivity index (χ0v) is 9.47. The molecule has 1 saturated heterocycles. The number of carboxylic acid groups (broad SMARTS) is 1. The molecule has 0 saturated carbocycles. The van der Waals surface area contributed by atoms with Gasteiger partial charge in [0.05, 0.1) is 5.56 Å². The van der Waals surface area contributed by atoms with Crippen LogP contribution in [-0.2, 0) is 0 Å². The Morgan fingerprint density at radius 3 is 2.88 bits per heavy atom. The van der Waals surface area contributed by atoms with Gasteiger partial charge >= 0.3 is 5.97 Å². The highest BCUT2D eigenvalue weighted by Gasteiger charge is 2.23. The molecule has 2 heterocycles. The molecule has 0 spiro atoms. The molecular formula is C11H14N2O4. The Balaban J connectivity index is 1.97. The predicted molar refractivity (Wildman–Crippen MR) is 59.0 cm³/mol. The van der Waals surface area contributed by atoms with Crippen molar-refractivity contribution in [2.75, 3.05) is 20.1 Å². The minimum atomic E-state index is -1.10. The van der Waals surface area contributed by atoms with Gasteiger partial charge in [0, 0.05) is 18.7 Å². The van der Waals surface area contributed by atoms with Gasteiger partial charge in [-0.2, -0.15) is 0 Å². The van der Waals surface area contributed by atoms with Gasteiger partial charge in [-0.05, 0) is 20.0 Å². The molecular weight excluding hydrogens is 224 g/mol. The third-order valence-electron chi connectivity index (χ3n) is 2.80. The number of amides is 1. The standard InChI is InChI=1S/C11H14N2O4/c1-13-3-2-8(5-13)12-10(14)9-4-7(6-17-9)11(15)16/h4,6,8H,2-3,5H2,1H3,(H,12,14)(H,15,16). The number of carbonyl (C=O) groups is 2. The second kappa shape index (κ2) is 4.58. The van der Waals surface area contributed by atoms with E-state index in [0.717, 1.165) is 25.8 Å². The molecule has 0 aromatic carbocycles. The van der Waals surface area contributed by atoms with Gasteiger partial charge in [-0.25, -0.2) is 4.79 Å². The summed E-state index contributed by atoms with van der Waals surface area (Å²) in [5, 5.41) is 11.5. The molecule has 92 valence electrons. The lowest BCUT2D eigenvalue weighted by Crippen LogP contribution is -2.36. The van der Waals surface area contributed by atoms with Crippen molar-refractivity contribution in [3.63, 3.8) is 0 Å². The van der Waals surface area contributed by atoms with E-state index in [1.54, 1.807) is 0 Å². The smallest absolute Gasteiger partial charge is 0.338 e. The maximum atomic E-state index is 11.7. The first-order valence-electron chi connectivity index (χ1n) is 5.37. The Labute approximate surface area is 98.2 Å². The van der Waals surface area contributed by atoms with Crippen molar-refractivity contribution in [2.24, 2.45) is 0 Å². The van der Waals surface area contributed by atoms with Crippen LogP contribution in [0.15, 0.2) is 16.7 Å². The number of hydrogen-bond donors (Lipinski definition) is 2. The minimum Gasteiger partial charge on any atom is -0.478 e. The lowest BCUT2D eigenvalue weighted by atomic mass is 10.2. The Bertz CT molecular complexity index is 440. The van der Waals surface area contributed by atoms with Crippen LogP contribution in [0, 0.1) is 0 Å². The number of furan rings is 1. The molecule has 2 rings (SSSR count). The third kappa shape index (κ3) is 2.65. The molecule has 2 N–H and O–H groups in total. The highest BCUT2D eigenvalue weighted by Crippen LogP contribution is 2.10. The molecule has 1 fully saturated rings. The van der Waals surface area contributed by atoms with Gasteiger partial charge in [0.15, 0.2) is 5.76 Å².